The molecule has 0 aliphatic carbocycles. The number of nitrogens with one attached hydrogen (secondary N) is 2. The number of carbonyl (C=O) groups excluding carboxylic acids is 2. The van der Waals surface area contributed by atoms with Crippen molar-refractivity contribution in [2.45, 2.75) is 38.6 Å². The van der Waals surface area contributed by atoms with Crippen LogP contribution in [-0.4, -0.2) is 47.4 Å². The van der Waals surface area contributed by atoms with Gasteiger partial charge in [-0.25, -0.2) is 9.37 Å². The Morgan fingerprint density at radius 1 is 1.32 bits per heavy atom. The highest BCUT2D eigenvalue weighted by atomic mass is 32.1. The van der Waals surface area contributed by atoms with Crippen LogP contribution in [0.25, 0.3) is 0 Å². The molecule has 0 unspecified atom stereocenters. The maximum absolute atomic E-state index is 13.2. The van der Waals surface area contributed by atoms with Crippen LogP contribution >= 0.6 is 11.3 Å². The van der Waals surface area contributed by atoms with Crippen LogP contribution in [0.3, 0.4) is 0 Å². The van der Waals surface area contributed by atoms with Gasteiger partial charge in [0.1, 0.15) is 11.5 Å². The summed E-state index contributed by atoms with van der Waals surface area (Å²) in [6, 6.07) is 6.03. The van der Waals surface area contributed by atoms with Crippen LogP contribution in [0.5, 0.6) is 0 Å². The minimum absolute atomic E-state index is 0.202. The van der Waals surface area contributed by atoms with Crippen molar-refractivity contribution in [3.05, 3.63) is 46.7 Å². The second kappa shape index (κ2) is 9.75. The molecule has 1 fully saturated rings. The van der Waals surface area contributed by atoms with Gasteiger partial charge in [-0.2, -0.15) is 0 Å². The predicted octanol–water partition coefficient (Wildman–Crippen LogP) is 3.53. The molecule has 1 atom stereocenters. The van der Waals surface area contributed by atoms with E-state index < -0.39 is 11.7 Å². The SMILES string of the molecule is C[C@@H]1CCCCN1CCCNC(=O)c1csc(NC(=O)c2cccc(F)c2)n1. The fraction of sp³-hybridized carbons (Fsp3) is 0.450. The van der Waals surface area contributed by atoms with Crippen LogP contribution in [-0.2, 0) is 0 Å². The summed E-state index contributed by atoms with van der Waals surface area (Å²) in [6.07, 6.45) is 4.69. The quantitative estimate of drug-likeness (QED) is 0.693. The largest absolute Gasteiger partial charge is 0.351 e. The molecule has 0 saturated carbocycles. The summed E-state index contributed by atoms with van der Waals surface area (Å²) in [5.41, 5.74) is 0.471. The minimum Gasteiger partial charge on any atom is -0.351 e. The topological polar surface area (TPSA) is 74.3 Å². The number of carbonyl (C=O) groups is 2. The monoisotopic (exact) mass is 404 g/mol. The molecular weight excluding hydrogens is 379 g/mol. The lowest BCUT2D eigenvalue weighted by atomic mass is 10.0. The number of piperidine rings is 1. The third-order valence-corrected chi connectivity index (χ3v) is 5.65. The van der Waals surface area contributed by atoms with Crippen LogP contribution in [0.2, 0.25) is 0 Å². The van der Waals surface area contributed by atoms with Gasteiger partial charge in [0.15, 0.2) is 5.13 Å². The molecule has 8 heteroatoms. The summed E-state index contributed by atoms with van der Waals surface area (Å²) in [4.78, 5) is 31.0. The molecule has 1 aliphatic rings. The van der Waals surface area contributed by atoms with Gasteiger partial charge < -0.3 is 10.2 Å². The van der Waals surface area contributed by atoms with Crippen LogP contribution < -0.4 is 10.6 Å². The van der Waals surface area contributed by atoms with Crippen molar-refractivity contribution in [3.8, 4) is 0 Å². The summed E-state index contributed by atoms with van der Waals surface area (Å²) in [7, 11) is 0. The van der Waals surface area contributed by atoms with E-state index in [1.54, 1.807) is 5.38 Å². The lowest BCUT2D eigenvalue weighted by molar-refractivity contribution is 0.0943. The molecule has 28 heavy (non-hydrogen) atoms. The van der Waals surface area contributed by atoms with Crippen molar-refractivity contribution in [2.24, 2.45) is 0 Å². The van der Waals surface area contributed by atoms with Gasteiger partial charge in [0, 0.05) is 30.1 Å². The Bertz CT molecular complexity index is 826. The fourth-order valence-electron chi connectivity index (χ4n) is 3.30. The number of benzene rings is 1. The second-order valence-corrected chi connectivity index (χ2v) is 7.85. The summed E-state index contributed by atoms with van der Waals surface area (Å²) in [5, 5.41) is 7.37. The van der Waals surface area contributed by atoms with Crippen molar-refractivity contribution in [2.75, 3.05) is 25.0 Å². The number of anilines is 1. The molecule has 0 radical (unpaired) electrons. The first-order valence-corrected chi connectivity index (χ1v) is 10.5. The molecule has 0 spiro atoms. The Balaban J connectivity index is 1.44. The lowest BCUT2D eigenvalue weighted by Gasteiger charge is -2.33. The average Bonchev–Trinajstić information content (AvgIpc) is 3.15. The van der Waals surface area contributed by atoms with Crippen molar-refractivity contribution >= 4 is 28.3 Å². The van der Waals surface area contributed by atoms with Gasteiger partial charge in [-0.3, -0.25) is 14.9 Å². The third-order valence-electron chi connectivity index (χ3n) is 4.89. The number of aromatic nitrogens is 1. The van der Waals surface area contributed by atoms with E-state index in [1.165, 1.54) is 37.5 Å². The number of amides is 2. The first-order chi connectivity index (χ1) is 13.5. The Morgan fingerprint density at radius 2 is 2.18 bits per heavy atom. The Hall–Kier alpha value is -2.32. The number of hydrogen-bond donors (Lipinski definition) is 2. The standard InChI is InChI=1S/C20H25FN4O2S/c1-14-6-2-3-10-25(14)11-5-9-22-19(27)17-13-28-20(23-17)24-18(26)15-7-4-8-16(21)12-15/h4,7-8,12-14H,2-3,5-6,9-11H2,1H3,(H,22,27)(H,23,24,26)/t14-/m1/s1. The van der Waals surface area contributed by atoms with Gasteiger partial charge in [0.05, 0.1) is 0 Å². The molecule has 6 nitrogen and oxygen atoms in total. The first kappa shape index (κ1) is 20.4. The van der Waals surface area contributed by atoms with Gasteiger partial charge in [-0.1, -0.05) is 12.5 Å². The lowest BCUT2D eigenvalue weighted by Crippen LogP contribution is -2.39. The number of nitrogens with zero attached hydrogens (tertiary/aromatic N) is 2. The Labute approximate surface area is 168 Å². The van der Waals surface area contributed by atoms with Gasteiger partial charge in [0.25, 0.3) is 11.8 Å². The van der Waals surface area contributed by atoms with Crippen molar-refractivity contribution in [1.29, 1.82) is 0 Å². The molecule has 1 aromatic carbocycles. The highest BCUT2D eigenvalue weighted by molar-refractivity contribution is 7.14. The number of thiazole rings is 1. The van der Waals surface area contributed by atoms with Gasteiger partial charge in [-0.15, -0.1) is 11.3 Å². The van der Waals surface area contributed by atoms with E-state index in [2.05, 4.69) is 27.4 Å². The molecule has 2 amide bonds. The molecule has 1 aliphatic heterocycles. The third kappa shape index (κ3) is 5.59. The number of likely N-dealkylation sites (tertiary alicyclic amines) is 1. The molecule has 1 saturated heterocycles. The zero-order valence-corrected chi connectivity index (χ0v) is 16.7. The predicted molar refractivity (Wildman–Crippen MR) is 108 cm³/mol. The van der Waals surface area contributed by atoms with Crippen molar-refractivity contribution in [3.63, 3.8) is 0 Å². The highest BCUT2D eigenvalue weighted by Gasteiger charge is 2.18. The normalized spacial score (nSPS) is 17.3. The van der Waals surface area contributed by atoms with Crippen LogP contribution in [0.1, 0.15) is 53.5 Å². The van der Waals surface area contributed by atoms with E-state index in [9.17, 15) is 14.0 Å². The molecule has 0 bridgehead atoms. The number of hydrogen-bond acceptors (Lipinski definition) is 5. The summed E-state index contributed by atoms with van der Waals surface area (Å²) in [6.45, 7) is 4.96. The maximum atomic E-state index is 13.2. The zero-order valence-electron chi connectivity index (χ0n) is 15.9. The highest BCUT2D eigenvalue weighted by Crippen LogP contribution is 2.18. The Kier molecular flexibility index (Phi) is 7.11. The Morgan fingerprint density at radius 3 is 2.96 bits per heavy atom. The van der Waals surface area contributed by atoms with Crippen LogP contribution in [0, 0.1) is 5.82 Å². The van der Waals surface area contributed by atoms with E-state index in [1.807, 2.05) is 0 Å². The summed E-state index contributed by atoms with van der Waals surface area (Å²) in [5.74, 6) is -1.20. The van der Waals surface area contributed by atoms with Crippen LogP contribution in [0.15, 0.2) is 29.6 Å². The van der Waals surface area contributed by atoms with E-state index >= 15 is 0 Å². The molecule has 3 rings (SSSR count). The van der Waals surface area contributed by atoms with E-state index in [0.717, 1.165) is 36.9 Å². The van der Waals surface area contributed by atoms with Gasteiger partial charge in [0.2, 0.25) is 0 Å². The molecule has 2 N–H and O–H groups in total. The maximum Gasteiger partial charge on any atom is 0.270 e. The molecule has 1 aromatic heterocycles. The fourth-order valence-corrected chi connectivity index (χ4v) is 3.98. The minimum atomic E-state index is -0.481. The van der Waals surface area contributed by atoms with E-state index in [4.69, 9.17) is 0 Å². The summed E-state index contributed by atoms with van der Waals surface area (Å²) >= 11 is 1.16. The molecule has 2 heterocycles. The van der Waals surface area contributed by atoms with E-state index in [0.29, 0.717) is 17.7 Å². The van der Waals surface area contributed by atoms with Gasteiger partial charge in [-0.05, 0) is 50.9 Å². The molecule has 150 valence electrons. The first-order valence-electron chi connectivity index (χ1n) is 9.57. The average molecular weight is 405 g/mol. The summed E-state index contributed by atoms with van der Waals surface area (Å²) < 4.78 is 13.2. The van der Waals surface area contributed by atoms with Crippen molar-refractivity contribution in [1.82, 2.24) is 15.2 Å². The second-order valence-electron chi connectivity index (χ2n) is 6.99. The van der Waals surface area contributed by atoms with E-state index in [-0.39, 0.29) is 17.2 Å². The smallest absolute Gasteiger partial charge is 0.270 e. The number of rotatable bonds is 7. The zero-order chi connectivity index (χ0) is 19.9. The van der Waals surface area contributed by atoms with Crippen LogP contribution in [0.4, 0.5) is 9.52 Å². The van der Waals surface area contributed by atoms with Crippen molar-refractivity contribution < 1.29 is 14.0 Å². The van der Waals surface area contributed by atoms with Gasteiger partial charge >= 0.3 is 0 Å². The molecular formula is C20H25FN4O2S. The number of halogens is 1. The molecule has 2 aromatic rings.